The second kappa shape index (κ2) is 10.2. The van der Waals surface area contributed by atoms with Crippen molar-refractivity contribution >= 4 is 11.9 Å². The number of nitrogens with zero attached hydrogens (tertiary/aromatic N) is 1. The summed E-state index contributed by atoms with van der Waals surface area (Å²) in [7, 11) is 1.99. The minimum atomic E-state index is -0.961. The molecule has 1 aromatic carbocycles. The summed E-state index contributed by atoms with van der Waals surface area (Å²) in [6, 6.07) is 8.48. The smallest absolute Gasteiger partial charge is 0.306 e. The van der Waals surface area contributed by atoms with Crippen LogP contribution in [0.5, 0.6) is 0 Å². The lowest BCUT2D eigenvalue weighted by molar-refractivity contribution is -0.145. The van der Waals surface area contributed by atoms with Gasteiger partial charge >= 0.3 is 5.97 Å². The van der Waals surface area contributed by atoms with Crippen LogP contribution in [-0.2, 0) is 29.3 Å². The van der Waals surface area contributed by atoms with Crippen molar-refractivity contribution in [2.24, 2.45) is 18.9 Å². The molecule has 3 fully saturated rings. The molecule has 3 N–H and O–H groups in total. The highest BCUT2D eigenvalue weighted by molar-refractivity contribution is 5.95. The molecule has 6 nitrogen and oxygen atoms in total. The van der Waals surface area contributed by atoms with Crippen LogP contribution in [-0.4, -0.2) is 32.7 Å². The first-order valence-corrected chi connectivity index (χ1v) is 14.6. The molecule has 0 atom stereocenters. The largest absolute Gasteiger partial charge is 0.481 e. The number of carbonyl (C=O) groups is 2. The summed E-state index contributed by atoms with van der Waals surface area (Å²) >= 11 is 0. The SMILES string of the molecule is Cn1c(C(=O)N[C@H]2C[C@H](C(=O)O)C2)cc(-c2cc(C(C)(C)O)cc(C3(C)CC3)c2)c1CC1CCCCCC1. The molecule has 3 aliphatic carbocycles. The number of aliphatic hydroxyl groups is 1. The fourth-order valence-corrected chi connectivity index (χ4v) is 6.36. The molecule has 3 aliphatic rings. The van der Waals surface area contributed by atoms with Gasteiger partial charge in [0.25, 0.3) is 5.91 Å². The van der Waals surface area contributed by atoms with E-state index in [9.17, 15) is 19.8 Å². The molecule has 1 heterocycles. The van der Waals surface area contributed by atoms with Crippen molar-refractivity contribution in [3.05, 3.63) is 46.8 Å². The van der Waals surface area contributed by atoms with E-state index in [1.807, 2.05) is 27.0 Å². The maximum absolute atomic E-state index is 13.4. The molecule has 1 amide bonds. The van der Waals surface area contributed by atoms with Gasteiger partial charge in [-0.25, -0.2) is 0 Å². The number of carbonyl (C=O) groups excluding carboxylic acids is 1. The third-order valence-electron chi connectivity index (χ3n) is 9.52. The van der Waals surface area contributed by atoms with Crippen LogP contribution in [0.1, 0.15) is 112 Å². The Balaban J connectivity index is 1.53. The summed E-state index contributed by atoms with van der Waals surface area (Å²) < 4.78 is 2.07. The van der Waals surface area contributed by atoms with E-state index in [1.54, 1.807) is 0 Å². The van der Waals surface area contributed by atoms with Gasteiger partial charge in [0.1, 0.15) is 5.69 Å². The summed E-state index contributed by atoms with van der Waals surface area (Å²) in [4.78, 5) is 24.7. The van der Waals surface area contributed by atoms with Crippen LogP contribution in [0.4, 0.5) is 0 Å². The van der Waals surface area contributed by atoms with Gasteiger partial charge in [0, 0.05) is 24.3 Å². The molecular formula is C32H44N2O4. The van der Waals surface area contributed by atoms with E-state index in [-0.39, 0.29) is 23.3 Å². The summed E-state index contributed by atoms with van der Waals surface area (Å²) in [6.45, 7) is 5.97. The highest BCUT2D eigenvalue weighted by Crippen LogP contribution is 2.49. The quantitative estimate of drug-likeness (QED) is 0.368. The Hall–Kier alpha value is -2.60. The normalized spacial score (nSPS) is 23.4. The molecule has 38 heavy (non-hydrogen) atoms. The number of hydrogen-bond acceptors (Lipinski definition) is 3. The lowest BCUT2D eigenvalue weighted by Crippen LogP contribution is -2.47. The average Bonchev–Trinajstić information content (AvgIpc) is 3.57. The van der Waals surface area contributed by atoms with Gasteiger partial charge in [0.2, 0.25) is 0 Å². The van der Waals surface area contributed by atoms with Crippen molar-refractivity contribution in [3.63, 3.8) is 0 Å². The number of carboxylic acid groups (broad SMARTS) is 1. The topological polar surface area (TPSA) is 91.6 Å². The van der Waals surface area contributed by atoms with Crippen LogP contribution in [0.15, 0.2) is 24.3 Å². The molecule has 0 spiro atoms. The first kappa shape index (κ1) is 27.0. The van der Waals surface area contributed by atoms with Gasteiger partial charge in [-0.05, 0) is 86.1 Å². The van der Waals surface area contributed by atoms with Gasteiger partial charge in [0.15, 0.2) is 0 Å². The number of carboxylic acids is 1. The molecule has 206 valence electrons. The number of amides is 1. The van der Waals surface area contributed by atoms with Crippen LogP contribution in [0.3, 0.4) is 0 Å². The lowest BCUT2D eigenvalue weighted by atomic mass is 9.80. The van der Waals surface area contributed by atoms with Gasteiger partial charge in [-0.3, -0.25) is 9.59 Å². The van der Waals surface area contributed by atoms with Crippen LogP contribution in [0, 0.1) is 11.8 Å². The standard InChI is InChI=1S/C32H44N2O4/c1-31(2,38)23-14-21(15-24(18-23)32(3)11-12-32)26-19-28(29(35)33-25-16-22(17-25)30(36)37)34(4)27(26)13-20-9-7-5-6-8-10-20/h14-15,18-20,22,25,38H,5-13,16-17H2,1-4H3,(H,33,35)(H,36,37)/t22-,25-. The monoisotopic (exact) mass is 520 g/mol. The van der Waals surface area contributed by atoms with Gasteiger partial charge < -0.3 is 20.1 Å². The van der Waals surface area contributed by atoms with Gasteiger partial charge in [-0.15, -0.1) is 0 Å². The Kier molecular flexibility index (Phi) is 7.23. The average molecular weight is 521 g/mol. The number of aromatic nitrogens is 1. The van der Waals surface area contributed by atoms with Crippen molar-refractivity contribution in [3.8, 4) is 11.1 Å². The van der Waals surface area contributed by atoms with Gasteiger partial charge in [-0.2, -0.15) is 0 Å². The number of nitrogens with one attached hydrogen (secondary N) is 1. The summed E-state index contributed by atoms with van der Waals surface area (Å²) in [5.41, 5.74) is 5.30. The van der Waals surface area contributed by atoms with E-state index in [2.05, 4.69) is 35.0 Å². The third-order valence-corrected chi connectivity index (χ3v) is 9.52. The molecule has 6 heteroatoms. The number of benzene rings is 1. The molecule has 0 aliphatic heterocycles. The van der Waals surface area contributed by atoms with Crippen molar-refractivity contribution in [1.29, 1.82) is 0 Å². The Morgan fingerprint density at radius 1 is 1.05 bits per heavy atom. The van der Waals surface area contributed by atoms with Crippen LogP contribution in [0.25, 0.3) is 11.1 Å². The Morgan fingerprint density at radius 2 is 1.71 bits per heavy atom. The molecule has 3 saturated carbocycles. The fourth-order valence-electron chi connectivity index (χ4n) is 6.36. The van der Waals surface area contributed by atoms with E-state index >= 15 is 0 Å². The number of hydrogen-bond donors (Lipinski definition) is 3. The maximum atomic E-state index is 13.4. The Morgan fingerprint density at radius 3 is 2.29 bits per heavy atom. The zero-order chi connectivity index (χ0) is 27.2. The van der Waals surface area contributed by atoms with Crippen molar-refractivity contribution in [2.75, 3.05) is 0 Å². The molecule has 0 saturated heterocycles. The predicted molar refractivity (Wildman–Crippen MR) is 149 cm³/mol. The predicted octanol–water partition coefficient (Wildman–Crippen LogP) is 6.08. The third kappa shape index (κ3) is 5.56. The first-order valence-electron chi connectivity index (χ1n) is 14.6. The summed E-state index contributed by atoms with van der Waals surface area (Å²) in [6.07, 6.45) is 11.8. The summed E-state index contributed by atoms with van der Waals surface area (Å²) in [5, 5.41) is 23.3. The van der Waals surface area contributed by atoms with Crippen LogP contribution < -0.4 is 5.32 Å². The molecule has 1 aromatic heterocycles. The minimum absolute atomic E-state index is 0.0906. The molecule has 5 rings (SSSR count). The first-order chi connectivity index (χ1) is 17.9. The van der Waals surface area contributed by atoms with Crippen LogP contribution in [0.2, 0.25) is 0 Å². The summed E-state index contributed by atoms with van der Waals surface area (Å²) in [5.74, 6) is -0.680. The second-order valence-electron chi connectivity index (χ2n) is 13.1. The second-order valence-corrected chi connectivity index (χ2v) is 13.1. The molecule has 0 radical (unpaired) electrons. The van der Waals surface area contributed by atoms with Crippen LogP contribution >= 0.6 is 0 Å². The molecular weight excluding hydrogens is 476 g/mol. The van der Waals surface area contributed by atoms with E-state index in [0.717, 1.165) is 36.0 Å². The van der Waals surface area contributed by atoms with Gasteiger partial charge in [0.05, 0.1) is 11.5 Å². The number of aliphatic carboxylic acids is 1. The zero-order valence-electron chi connectivity index (χ0n) is 23.5. The zero-order valence-corrected chi connectivity index (χ0v) is 23.5. The van der Waals surface area contributed by atoms with Crippen molar-refractivity contribution < 1.29 is 19.8 Å². The minimum Gasteiger partial charge on any atom is -0.481 e. The van der Waals surface area contributed by atoms with Crippen molar-refractivity contribution in [1.82, 2.24) is 9.88 Å². The van der Waals surface area contributed by atoms with E-state index in [1.165, 1.54) is 49.8 Å². The highest BCUT2D eigenvalue weighted by Gasteiger charge is 2.40. The Bertz CT molecular complexity index is 1180. The van der Waals surface area contributed by atoms with Gasteiger partial charge in [-0.1, -0.05) is 57.6 Å². The van der Waals surface area contributed by atoms with E-state index < -0.39 is 11.6 Å². The lowest BCUT2D eigenvalue weighted by Gasteiger charge is -2.32. The number of rotatable bonds is 8. The molecule has 0 unspecified atom stereocenters. The van der Waals surface area contributed by atoms with E-state index in [4.69, 9.17) is 0 Å². The highest BCUT2D eigenvalue weighted by atomic mass is 16.4. The molecule has 2 aromatic rings. The Labute approximate surface area is 226 Å². The maximum Gasteiger partial charge on any atom is 0.306 e. The van der Waals surface area contributed by atoms with E-state index in [0.29, 0.717) is 24.5 Å². The molecule has 0 bridgehead atoms. The van der Waals surface area contributed by atoms with Crippen molar-refractivity contribution in [2.45, 2.75) is 108 Å². The fraction of sp³-hybridized carbons (Fsp3) is 0.625.